The van der Waals surface area contributed by atoms with E-state index in [1.54, 1.807) is 12.1 Å². The van der Waals surface area contributed by atoms with Crippen LogP contribution in [-0.2, 0) is 4.79 Å². The van der Waals surface area contributed by atoms with E-state index in [-0.39, 0.29) is 12.0 Å². The molecule has 110 valence electrons. The lowest BCUT2D eigenvalue weighted by molar-refractivity contribution is -0.141. The van der Waals surface area contributed by atoms with Crippen molar-refractivity contribution < 1.29 is 14.6 Å². The topological polar surface area (TPSA) is 58.6 Å². The van der Waals surface area contributed by atoms with E-state index in [2.05, 4.69) is 5.32 Å². The van der Waals surface area contributed by atoms with E-state index in [0.29, 0.717) is 28.8 Å². The molecule has 0 saturated carbocycles. The molecule has 0 radical (unpaired) electrons. The van der Waals surface area contributed by atoms with Crippen molar-refractivity contribution in [1.29, 1.82) is 0 Å². The highest BCUT2D eigenvalue weighted by Gasteiger charge is 2.30. The Morgan fingerprint density at radius 2 is 2.15 bits per heavy atom. The molecule has 4 nitrogen and oxygen atoms in total. The second kappa shape index (κ2) is 6.20. The van der Waals surface area contributed by atoms with Crippen molar-refractivity contribution in [2.45, 2.75) is 32.4 Å². The lowest BCUT2D eigenvalue weighted by Crippen LogP contribution is -2.44. The van der Waals surface area contributed by atoms with Crippen LogP contribution in [0.15, 0.2) is 12.1 Å². The first-order valence-electron chi connectivity index (χ1n) is 6.50. The molecular formula is C14H17Cl2NO3. The van der Waals surface area contributed by atoms with Crippen molar-refractivity contribution in [2.75, 3.05) is 6.61 Å². The first kappa shape index (κ1) is 15.4. The molecule has 1 heterocycles. The van der Waals surface area contributed by atoms with Gasteiger partial charge in [0, 0.05) is 23.0 Å². The summed E-state index contributed by atoms with van der Waals surface area (Å²) in [4.78, 5) is 11.3. The highest BCUT2D eigenvalue weighted by molar-refractivity contribution is 6.35. The Morgan fingerprint density at radius 3 is 2.75 bits per heavy atom. The number of carboxylic acid groups (broad SMARTS) is 1. The Hall–Kier alpha value is -0.970. The third kappa shape index (κ3) is 3.19. The number of halogens is 2. The highest BCUT2D eigenvalue weighted by Crippen LogP contribution is 2.40. The Balaban J connectivity index is 2.30. The van der Waals surface area contributed by atoms with E-state index < -0.39 is 12.0 Å². The molecule has 0 saturated heterocycles. The summed E-state index contributed by atoms with van der Waals surface area (Å²) in [6.45, 7) is 4.24. The van der Waals surface area contributed by atoms with E-state index in [4.69, 9.17) is 27.9 Å². The van der Waals surface area contributed by atoms with E-state index in [1.165, 1.54) is 0 Å². The minimum absolute atomic E-state index is 0.0200. The molecule has 2 rings (SSSR count). The van der Waals surface area contributed by atoms with Gasteiger partial charge in [0.25, 0.3) is 0 Å². The average molecular weight is 318 g/mol. The minimum Gasteiger partial charge on any atom is -0.492 e. The summed E-state index contributed by atoms with van der Waals surface area (Å²) >= 11 is 12.1. The van der Waals surface area contributed by atoms with Gasteiger partial charge in [-0.1, -0.05) is 37.0 Å². The first-order chi connectivity index (χ1) is 9.40. The number of aliphatic carboxylic acids is 1. The summed E-state index contributed by atoms with van der Waals surface area (Å²) in [6.07, 6.45) is 0.681. The fraction of sp³-hybridized carbons (Fsp3) is 0.500. The van der Waals surface area contributed by atoms with Gasteiger partial charge in [0.15, 0.2) is 0 Å². The fourth-order valence-electron chi connectivity index (χ4n) is 2.36. The summed E-state index contributed by atoms with van der Waals surface area (Å²) < 4.78 is 5.56. The molecule has 1 aromatic rings. The van der Waals surface area contributed by atoms with Gasteiger partial charge in [-0.25, -0.2) is 0 Å². The van der Waals surface area contributed by atoms with Gasteiger partial charge in [0.1, 0.15) is 11.8 Å². The number of rotatable bonds is 4. The number of fused-ring (bicyclic) bond motifs is 1. The second-order valence-corrected chi connectivity index (χ2v) is 6.07. The molecule has 2 unspecified atom stereocenters. The largest absolute Gasteiger partial charge is 0.492 e. The number of hydrogen-bond donors (Lipinski definition) is 2. The molecule has 0 amide bonds. The number of hydrogen-bond acceptors (Lipinski definition) is 3. The summed E-state index contributed by atoms with van der Waals surface area (Å²) in [5.74, 6) is -0.290. The zero-order chi connectivity index (χ0) is 14.9. The summed E-state index contributed by atoms with van der Waals surface area (Å²) in [6, 6.07) is 2.66. The van der Waals surface area contributed by atoms with Crippen LogP contribution in [0, 0.1) is 5.92 Å². The number of carboxylic acids is 1. The molecule has 0 bridgehead atoms. The number of ether oxygens (including phenoxy) is 1. The Kier molecular flexibility index (Phi) is 4.78. The van der Waals surface area contributed by atoms with Crippen LogP contribution in [0.4, 0.5) is 0 Å². The zero-order valence-corrected chi connectivity index (χ0v) is 12.8. The predicted molar refractivity (Wildman–Crippen MR) is 78.7 cm³/mol. The van der Waals surface area contributed by atoms with Gasteiger partial charge in [-0.05, 0) is 18.1 Å². The normalized spacial score (nSPS) is 19.4. The maximum atomic E-state index is 11.3. The predicted octanol–water partition coefficient (Wildman–Crippen LogP) is 3.52. The molecule has 1 aliphatic rings. The van der Waals surface area contributed by atoms with Gasteiger partial charge in [0.2, 0.25) is 0 Å². The van der Waals surface area contributed by atoms with E-state index in [0.717, 1.165) is 5.56 Å². The Bertz CT molecular complexity index is 519. The lowest BCUT2D eigenvalue weighted by atomic mass is 9.96. The monoisotopic (exact) mass is 317 g/mol. The van der Waals surface area contributed by atoms with Gasteiger partial charge < -0.3 is 9.84 Å². The van der Waals surface area contributed by atoms with Gasteiger partial charge in [-0.2, -0.15) is 0 Å². The van der Waals surface area contributed by atoms with Crippen LogP contribution < -0.4 is 10.1 Å². The van der Waals surface area contributed by atoms with Crippen LogP contribution in [-0.4, -0.2) is 23.7 Å². The highest BCUT2D eigenvalue weighted by atomic mass is 35.5. The summed E-state index contributed by atoms with van der Waals surface area (Å²) in [5, 5.41) is 13.4. The first-order valence-corrected chi connectivity index (χ1v) is 7.26. The van der Waals surface area contributed by atoms with Crippen LogP contribution in [0.3, 0.4) is 0 Å². The van der Waals surface area contributed by atoms with E-state index in [1.807, 2.05) is 13.8 Å². The second-order valence-electron chi connectivity index (χ2n) is 5.22. The SMILES string of the molecule is CC(C)C(NC1CCOc2c(Cl)cc(Cl)cc21)C(=O)O. The molecule has 2 atom stereocenters. The van der Waals surface area contributed by atoms with Crippen LogP contribution >= 0.6 is 23.2 Å². The van der Waals surface area contributed by atoms with Crippen LogP contribution in [0.5, 0.6) is 5.75 Å². The third-order valence-corrected chi connectivity index (χ3v) is 3.88. The van der Waals surface area contributed by atoms with Crippen molar-refractivity contribution >= 4 is 29.2 Å². The summed E-state index contributed by atoms with van der Waals surface area (Å²) in [7, 11) is 0. The van der Waals surface area contributed by atoms with E-state index in [9.17, 15) is 9.90 Å². The van der Waals surface area contributed by atoms with Gasteiger partial charge in [-0.15, -0.1) is 0 Å². The molecule has 0 fully saturated rings. The molecule has 0 spiro atoms. The number of benzene rings is 1. The zero-order valence-electron chi connectivity index (χ0n) is 11.3. The third-order valence-electron chi connectivity index (χ3n) is 3.38. The molecule has 1 aliphatic heterocycles. The van der Waals surface area contributed by atoms with Crippen molar-refractivity contribution in [2.24, 2.45) is 5.92 Å². The molecule has 0 aromatic heterocycles. The van der Waals surface area contributed by atoms with Crippen LogP contribution in [0.25, 0.3) is 0 Å². The Labute approximate surface area is 128 Å². The molecular weight excluding hydrogens is 301 g/mol. The number of nitrogens with one attached hydrogen (secondary N) is 1. The Morgan fingerprint density at radius 1 is 1.45 bits per heavy atom. The maximum absolute atomic E-state index is 11.3. The van der Waals surface area contributed by atoms with Crippen molar-refractivity contribution in [3.8, 4) is 5.75 Å². The van der Waals surface area contributed by atoms with Crippen LogP contribution in [0.2, 0.25) is 10.0 Å². The quantitative estimate of drug-likeness (QED) is 0.892. The average Bonchev–Trinajstić information content (AvgIpc) is 2.35. The van der Waals surface area contributed by atoms with Crippen LogP contribution in [0.1, 0.15) is 31.9 Å². The van der Waals surface area contributed by atoms with Crippen molar-refractivity contribution in [1.82, 2.24) is 5.32 Å². The molecule has 2 N–H and O–H groups in total. The van der Waals surface area contributed by atoms with Gasteiger partial charge in [0.05, 0.1) is 11.6 Å². The fourth-order valence-corrected chi connectivity index (χ4v) is 2.93. The van der Waals surface area contributed by atoms with Gasteiger partial charge in [-0.3, -0.25) is 10.1 Å². The molecule has 1 aromatic carbocycles. The molecule has 6 heteroatoms. The van der Waals surface area contributed by atoms with E-state index >= 15 is 0 Å². The molecule has 0 aliphatic carbocycles. The smallest absolute Gasteiger partial charge is 0.320 e. The maximum Gasteiger partial charge on any atom is 0.320 e. The number of carbonyl (C=O) groups is 1. The van der Waals surface area contributed by atoms with Gasteiger partial charge >= 0.3 is 5.97 Å². The van der Waals surface area contributed by atoms with Crippen molar-refractivity contribution in [3.05, 3.63) is 27.7 Å². The molecule has 20 heavy (non-hydrogen) atoms. The standard InChI is InChI=1S/C14H17Cl2NO3/c1-7(2)12(14(18)19)17-11-3-4-20-13-9(11)5-8(15)6-10(13)16/h5-7,11-12,17H,3-4H2,1-2H3,(H,18,19). The van der Waals surface area contributed by atoms with Crippen molar-refractivity contribution in [3.63, 3.8) is 0 Å². The summed E-state index contributed by atoms with van der Waals surface area (Å²) in [5.41, 5.74) is 0.820. The minimum atomic E-state index is -0.860. The lowest BCUT2D eigenvalue weighted by Gasteiger charge is -2.31.